The Morgan fingerprint density at radius 1 is 1.02 bits per heavy atom. The monoisotopic (exact) mass is 556 g/mol. The van der Waals surface area contributed by atoms with Crippen LogP contribution in [0.5, 0.6) is 5.75 Å². The summed E-state index contributed by atoms with van der Waals surface area (Å²) in [5.74, 6) is -3.84. The molecule has 2 aromatic heterocycles. The van der Waals surface area contributed by atoms with E-state index in [0.29, 0.717) is 22.1 Å². The number of nitrogens with two attached hydrogens (primary N) is 1. The largest absolute Gasteiger partial charge is 0.508 e. The van der Waals surface area contributed by atoms with Gasteiger partial charge in [-0.2, -0.15) is 0 Å². The Morgan fingerprint density at radius 2 is 1.78 bits per heavy atom. The number of nitrogens with zero attached hydrogens (tertiary/aromatic N) is 1. The molecule has 0 unspecified atom stereocenters. The van der Waals surface area contributed by atoms with E-state index < -0.39 is 29.3 Å². The zero-order valence-corrected chi connectivity index (χ0v) is 21.6. The molecule has 206 valence electrons. The number of phenolic OH excluding ortho intramolecular Hbond substituents is 1. The molecular weight excluding hydrogens is 533 g/mol. The van der Waals surface area contributed by atoms with Crippen molar-refractivity contribution in [3.8, 4) is 16.9 Å². The summed E-state index contributed by atoms with van der Waals surface area (Å²) in [6.45, 7) is 1.77. The van der Waals surface area contributed by atoms with Gasteiger partial charge in [0.25, 0.3) is 5.91 Å². The third kappa shape index (κ3) is 5.96. The summed E-state index contributed by atoms with van der Waals surface area (Å²) in [7, 11) is 0. The van der Waals surface area contributed by atoms with Crippen molar-refractivity contribution in [2.45, 2.75) is 13.3 Å². The van der Waals surface area contributed by atoms with Crippen molar-refractivity contribution in [1.29, 1.82) is 0 Å². The number of amides is 2. The van der Waals surface area contributed by atoms with E-state index in [4.69, 9.17) is 5.73 Å². The number of benzene rings is 3. The lowest BCUT2D eigenvalue weighted by atomic mass is 9.97. The quantitative estimate of drug-likeness (QED) is 0.208. The van der Waals surface area contributed by atoms with Crippen molar-refractivity contribution in [3.63, 3.8) is 0 Å². The highest BCUT2D eigenvalue weighted by atomic mass is 19.1. The number of hydrogen-bond donors (Lipinski definition) is 4. The lowest BCUT2D eigenvalue weighted by Crippen LogP contribution is -2.24. The van der Waals surface area contributed by atoms with Crippen LogP contribution < -0.4 is 11.1 Å². The molecule has 0 atom stereocenters. The molecule has 0 spiro atoms. The van der Waals surface area contributed by atoms with Gasteiger partial charge in [0.05, 0.1) is 23.4 Å². The van der Waals surface area contributed by atoms with Gasteiger partial charge in [-0.1, -0.05) is 6.07 Å². The minimum Gasteiger partial charge on any atom is -0.508 e. The topological polar surface area (TPSA) is 121 Å². The summed E-state index contributed by atoms with van der Waals surface area (Å²) in [6, 6.07) is 13.2. The third-order valence-electron chi connectivity index (χ3n) is 6.39. The number of phenols is 1. The summed E-state index contributed by atoms with van der Waals surface area (Å²) in [4.78, 5) is 32.7. The smallest absolute Gasteiger partial charge is 0.251 e. The summed E-state index contributed by atoms with van der Waals surface area (Å²) in [5, 5.41) is 13.3. The Bertz CT molecular complexity index is 1840. The number of H-pyrrole nitrogens is 1. The van der Waals surface area contributed by atoms with Crippen molar-refractivity contribution in [1.82, 2.24) is 15.3 Å². The number of fused-ring (bicyclic) bond motifs is 1. The fourth-order valence-electron chi connectivity index (χ4n) is 4.55. The summed E-state index contributed by atoms with van der Waals surface area (Å²) in [5.41, 5.74) is 8.26. The first-order chi connectivity index (χ1) is 19.6. The number of carbonyl (C=O) groups excluding carboxylic acids is 2. The zero-order valence-electron chi connectivity index (χ0n) is 21.6. The van der Waals surface area contributed by atoms with Gasteiger partial charge in [-0.3, -0.25) is 14.6 Å². The van der Waals surface area contributed by atoms with Crippen molar-refractivity contribution in [3.05, 3.63) is 118 Å². The molecule has 5 N–H and O–H groups in total. The summed E-state index contributed by atoms with van der Waals surface area (Å²) in [6.07, 6.45) is 4.44. The van der Waals surface area contributed by atoms with E-state index in [-0.39, 0.29) is 34.7 Å². The van der Waals surface area contributed by atoms with E-state index in [1.165, 1.54) is 36.5 Å². The second kappa shape index (κ2) is 11.0. The first-order valence-electron chi connectivity index (χ1n) is 12.4. The number of pyridine rings is 1. The minimum absolute atomic E-state index is 0.0376. The van der Waals surface area contributed by atoms with E-state index in [2.05, 4.69) is 15.3 Å². The van der Waals surface area contributed by atoms with Crippen LogP contribution in [0.25, 0.3) is 33.8 Å². The van der Waals surface area contributed by atoms with Gasteiger partial charge < -0.3 is 21.1 Å². The van der Waals surface area contributed by atoms with Crippen LogP contribution in [-0.2, 0) is 11.2 Å². The van der Waals surface area contributed by atoms with E-state index in [0.717, 1.165) is 35.3 Å². The second-order valence-corrected chi connectivity index (χ2v) is 9.50. The molecule has 0 bridgehead atoms. The highest BCUT2D eigenvalue weighted by Gasteiger charge is 2.19. The maximum atomic E-state index is 14.3. The first-order valence-corrected chi connectivity index (χ1v) is 12.4. The van der Waals surface area contributed by atoms with Crippen LogP contribution in [0.2, 0.25) is 0 Å². The molecule has 0 aliphatic rings. The highest BCUT2D eigenvalue weighted by molar-refractivity contribution is 5.99. The normalized spacial score (nSPS) is 11.6. The number of aryl methyl sites for hydroxylation is 1. The van der Waals surface area contributed by atoms with Gasteiger partial charge in [0.2, 0.25) is 5.91 Å². The van der Waals surface area contributed by atoms with Crippen LogP contribution in [0.1, 0.15) is 32.7 Å². The van der Waals surface area contributed by atoms with Gasteiger partial charge >= 0.3 is 0 Å². The highest BCUT2D eigenvalue weighted by Crippen LogP contribution is 2.31. The molecule has 5 rings (SSSR count). The number of primary amides is 1. The van der Waals surface area contributed by atoms with Gasteiger partial charge in [-0.25, -0.2) is 13.2 Å². The number of aromatic amines is 1. The predicted molar refractivity (Wildman–Crippen MR) is 149 cm³/mol. The standard InChI is InChI=1S/C31H23F3N4O3/c1-16-6-24(18-2-4-26(34)25(10-18)31(35)41)30(37-14-16)28(9-17-7-20(32)12-21(33)8-17)38-29(40)11-19-15-36-27-5-3-22(39)13-23(19)27/h2-10,12-15,36,39H,11H2,1H3,(H2,35,41)(H,38,40). The molecule has 0 radical (unpaired) electrons. The molecule has 0 aliphatic heterocycles. The molecule has 10 heteroatoms. The maximum Gasteiger partial charge on any atom is 0.251 e. The van der Waals surface area contributed by atoms with Gasteiger partial charge in [-0.15, -0.1) is 0 Å². The molecule has 0 saturated heterocycles. The zero-order chi connectivity index (χ0) is 29.3. The SMILES string of the molecule is Cc1cnc(C(=Cc2cc(F)cc(F)c2)NC(=O)Cc2c[nH]c3ccc(O)cc23)c(-c2ccc(F)c(C(N)=O)c2)c1. The van der Waals surface area contributed by atoms with Crippen LogP contribution in [0, 0.1) is 24.4 Å². The molecule has 5 aromatic rings. The summed E-state index contributed by atoms with van der Waals surface area (Å²) < 4.78 is 42.4. The first kappa shape index (κ1) is 27.2. The predicted octanol–water partition coefficient (Wildman–Crippen LogP) is 5.62. The lowest BCUT2D eigenvalue weighted by molar-refractivity contribution is -0.119. The van der Waals surface area contributed by atoms with E-state index >= 15 is 0 Å². The number of carbonyl (C=O) groups is 2. The number of rotatable bonds is 7. The van der Waals surface area contributed by atoms with Crippen molar-refractivity contribution in [2.75, 3.05) is 0 Å². The number of hydrogen-bond acceptors (Lipinski definition) is 4. The van der Waals surface area contributed by atoms with Crippen molar-refractivity contribution >= 4 is 34.5 Å². The van der Waals surface area contributed by atoms with Crippen LogP contribution in [0.15, 0.2) is 73.1 Å². The average Bonchev–Trinajstić information content (AvgIpc) is 3.29. The third-order valence-corrected chi connectivity index (χ3v) is 6.39. The molecule has 2 amide bonds. The van der Waals surface area contributed by atoms with Crippen LogP contribution in [0.3, 0.4) is 0 Å². The number of nitrogens with one attached hydrogen (secondary N) is 2. The fraction of sp³-hybridized carbons (Fsp3) is 0.0645. The Balaban J connectivity index is 1.61. The molecular formula is C31H23F3N4O3. The maximum absolute atomic E-state index is 14.3. The van der Waals surface area contributed by atoms with E-state index in [9.17, 15) is 27.9 Å². The molecule has 41 heavy (non-hydrogen) atoms. The molecule has 0 saturated carbocycles. The van der Waals surface area contributed by atoms with Gasteiger partial charge in [0.15, 0.2) is 0 Å². The lowest BCUT2D eigenvalue weighted by Gasteiger charge is -2.16. The second-order valence-electron chi connectivity index (χ2n) is 9.50. The molecule has 2 heterocycles. The Kier molecular flexibility index (Phi) is 7.30. The van der Waals surface area contributed by atoms with Crippen LogP contribution in [-0.4, -0.2) is 26.9 Å². The Hall–Kier alpha value is -5.38. The Morgan fingerprint density at radius 3 is 2.51 bits per heavy atom. The average molecular weight is 557 g/mol. The number of halogens is 3. The van der Waals surface area contributed by atoms with Crippen LogP contribution in [0.4, 0.5) is 13.2 Å². The number of aromatic hydroxyl groups is 1. The fourth-order valence-corrected chi connectivity index (χ4v) is 4.55. The Labute approximate surface area is 232 Å². The van der Waals surface area contributed by atoms with Crippen molar-refractivity contribution in [2.24, 2.45) is 5.73 Å². The van der Waals surface area contributed by atoms with Crippen LogP contribution >= 0.6 is 0 Å². The molecule has 0 aliphatic carbocycles. The molecule has 7 nitrogen and oxygen atoms in total. The summed E-state index contributed by atoms with van der Waals surface area (Å²) >= 11 is 0. The number of aromatic nitrogens is 2. The molecule has 0 fully saturated rings. The van der Waals surface area contributed by atoms with Crippen molar-refractivity contribution < 1.29 is 27.9 Å². The van der Waals surface area contributed by atoms with Gasteiger partial charge in [0, 0.05) is 34.9 Å². The minimum atomic E-state index is -0.962. The van der Waals surface area contributed by atoms with Gasteiger partial charge in [-0.05, 0) is 83.8 Å². The molecule has 3 aromatic carbocycles. The van der Waals surface area contributed by atoms with E-state index in [1.807, 2.05) is 0 Å². The van der Waals surface area contributed by atoms with E-state index in [1.54, 1.807) is 25.3 Å². The van der Waals surface area contributed by atoms with Gasteiger partial charge in [0.1, 0.15) is 23.2 Å².